The number of hydrogen-bond acceptors (Lipinski definition) is 4. The zero-order chi connectivity index (χ0) is 24.8. The maximum absolute atomic E-state index is 9.60. The molecule has 2 heterocycles. The van der Waals surface area contributed by atoms with E-state index >= 15 is 0 Å². The van der Waals surface area contributed by atoms with E-state index in [1.165, 1.54) is 13.8 Å². The van der Waals surface area contributed by atoms with Crippen molar-refractivity contribution in [2.75, 3.05) is 13.2 Å². The number of carbonyl (C=O) groups is 2. The normalized spacial score (nSPS) is 15.8. The first-order valence-corrected chi connectivity index (χ1v) is 10.1. The second-order valence-electron chi connectivity index (χ2n) is 6.77. The summed E-state index contributed by atoms with van der Waals surface area (Å²) in [7, 11) is 0. The van der Waals surface area contributed by atoms with E-state index in [0.717, 1.165) is 13.2 Å². The highest BCUT2D eigenvalue weighted by Gasteiger charge is 2.13. The third-order valence-corrected chi connectivity index (χ3v) is 3.06. The van der Waals surface area contributed by atoms with E-state index in [-0.39, 0.29) is 11.1 Å². The van der Waals surface area contributed by atoms with Gasteiger partial charge >= 0.3 is 11.9 Å². The van der Waals surface area contributed by atoms with Crippen molar-refractivity contribution in [3.8, 4) is 0 Å². The van der Waals surface area contributed by atoms with Gasteiger partial charge in [-0.15, -0.1) is 0 Å². The molecular weight excluding hydrogens is 408 g/mol. The van der Waals surface area contributed by atoms with Crippen LogP contribution in [0.3, 0.4) is 0 Å². The van der Waals surface area contributed by atoms with E-state index in [4.69, 9.17) is 19.7 Å². The summed E-state index contributed by atoms with van der Waals surface area (Å²) in [5, 5.41) is 15.8. The Kier molecular flexibility index (Phi) is 20.4. The van der Waals surface area contributed by atoms with E-state index in [0.29, 0.717) is 12.2 Å². The Labute approximate surface area is 191 Å². The molecular formula is C26H36O6. The first-order chi connectivity index (χ1) is 15.1. The molecule has 0 radical (unpaired) electrons. The summed E-state index contributed by atoms with van der Waals surface area (Å²) in [4.78, 5) is 19.2. The van der Waals surface area contributed by atoms with Crippen LogP contribution in [-0.2, 0) is 19.1 Å². The highest BCUT2D eigenvalue weighted by atomic mass is 16.6. The van der Waals surface area contributed by atoms with E-state index < -0.39 is 11.9 Å². The molecule has 176 valence electrons. The van der Waals surface area contributed by atoms with Crippen molar-refractivity contribution in [1.29, 1.82) is 0 Å². The predicted molar refractivity (Wildman–Crippen MR) is 129 cm³/mol. The molecule has 0 saturated carbocycles. The summed E-state index contributed by atoms with van der Waals surface area (Å²) in [6.45, 7) is 15.3. The van der Waals surface area contributed by atoms with Gasteiger partial charge in [-0.25, -0.2) is 9.59 Å². The van der Waals surface area contributed by atoms with Gasteiger partial charge in [0.15, 0.2) is 0 Å². The van der Waals surface area contributed by atoms with Crippen molar-refractivity contribution >= 4 is 11.9 Å². The minimum atomic E-state index is -0.935. The van der Waals surface area contributed by atoms with Crippen molar-refractivity contribution < 1.29 is 29.3 Å². The Morgan fingerprint density at radius 3 is 0.750 bits per heavy atom. The lowest BCUT2D eigenvalue weighted by Crippen LogP contribution is -1.92. The first kappa shape index (κ1) is 31.0. The molecule has 2 fully saturated rings. The van der Waals surface area contributed by atoms with E-state index in [1.807, 2.05) is 72.8 Å². The smallest absolute Gasteiger partial charge is 0.330 e. The van der Waals surface area contributed by atoms with Crippen molar-refractivity contribution in [3.05, 3.63) is 97.1 Å². The van der Waals surface area contributed by atoms with Gasteiger partial charge in [0, 0.05) is 11.1 Å². The van der Waals surface area contributed by atoms with Crippen molar-refractivity contribution in [2.45, 2.75) is 39.9 Å². The van der Waals surface area contributed by atoms with Crippen LogP contribution in [0.1, 0.15) is 27.7 Å². The van der Waals surface area contributed by atoms with Gasteiger partial charge in [0.2, 0.25) is 0 Å². The van der Waals surface area contributed by atoms with Crippen LogP contribution < -0.4 is 0 Å². The lowest BCUT2D eigenvalue weighted by molar-refractivity contribution is -0.133. The quantitative estimate of drug-likeness (QED) is 0.470. The molecule has 2 aromatic rings. The van der Waals surface area contributed by atoms with Crippen LogP contribution in [-0.4, -0.2) is 47.6 Å². The minimum absolute atomic E-state index is 0.176. The number of aliphatic carboxylic acids is 2. The minimum Gasteiger partial charge on any atom is -0.478 e. The highest BCUT2D eigenvalue weighted by molar-refractivity contribution is 5.85. The predicted octanol–water partition coefficient (Wildman–Crippen LogP) is 5.48. The Morgan fingerprint density at radius 2 is 0.719 bits per heavy atom. The Hall–Kier alpha value is -3.22. The zero-order valence-corrected chi connectivity index (χ0v) is 19.4. The number of hydrogen-bond donors (Lipinski definition) is 2. The molecule has 2 unspecified atom stereocenters. The summed E-state index contributed by atoms with van der Waals surface area (Å²) >= 11 is 0. The van der Waals surface area contributed by atoms with Crippen LogP contribution >= 0.6 is 0 Å². The van der Waals surface area contributed by atoms with Gasteiger partial charge < -0.3 is 19.7 Å². The Morgan fingerprint density at radius 1 is 0.625 bits per heavy atom. The summed E-state index contributed by atoms with van der Waals surface area (Å²) in [5.74, 6) is -1.87. The van der Waals surface area contributed by atoms with Gasteiger partial charge in [-0.1, -0.05) is 86.0 Å². The number of ether oxygens (including phenoxy) is 2. The third-order valence-electron chi connectivity index (χ3n) is 3.06. The molecule has 0 spiro atoms. The van der Waals surface area contributed by atoms with Crippen LogP contribution in [0.4, 0.5) is 0 Å². The average molecular weight is 445 g/mol. The molecule has 0 amide bonds. The molecule has 2 saturated heterocycles. The maximum Gasteiger partial charge on any atom is 0.330 e. The summed E-state index contributed by atoms with van der Waals surface area (Å²) in [6.07, 6.45) is 1.17. The molecule has 4 rings (SSSR count). The fourth-order valence-electron chi connectivity index (χ4n) is 0.962. The van der Waals surface area contributed by atoms with Crippen molar-refractivity contribution in [1.82, 2.24) is 0 Å². The van der Waals surface area contributed by atoms with Crippen LogP contribution in [0.25, 0.3) is 0 Å². The van der Waals surface area contributed by atoms with Gasteiger partial charge in [-0.2, -0.15) is 0 Å². The molecule has 2 aliphatic heterocycles. The van der Waals surface area contributed by atoms with Gasteiger partial charge in [-0.3, -0.25) is 0 Å². The third kappa shape index (κ3) is 34.3. The molecule has 2 N–H and O–H groups in total. The average Bonchev–Trinajstić information content (AvgIpc) is 3.73. The topological polar surface area (TPSA) is 99.7 Å². The number of rotatable bonds is 2. The molecule has 6 heteroatoms. The highest BCUT2D eigenvalue weighted by Crippen LogP contribution is 2.04. The second-order valence-corrected chi connectivity index (χ2v) is 6.77. The molecule has 2 atom stereocenters. The fourth-order valence-corrected chi connectivity index (χ4v) is 0.962. The van der Waals surface area contributed by atoms with Gasteiger partial charge in [0.25, 0.3) is 0 Å². The van der Waals surface area contributed by atoms with Crippen molar-refractivity contribution in [2.24, 2.45) is 0 Å². The first-order valence-electron chi connectivity index (χ1n) is 10.1. The number of carboxylic acid groups (broad SMARTS) is 2. The summed E-state index contributed by atoms with van der Waals surface area (Å²) in [6, 6.07) is 24.0. The fraction of sp³-hybridized carbons (Fsp3) is 0.308. The summed E-state index contributed by atoms with van der Waals surface area (Å²) in [5.41, 5.74) is 0.352. The van der Waals surface area contributed by atoms with Crippen LogP contribution in [0.2, 0.25) is 0 Å². The molecule has 2 aliphatic rings. The lowest BCUT2D eigenvalue weighted by atomic mass is 10.4. The maximum atomic E-state index is 9.60. The molecule has 0 bridgehead atoms. The molecule has 32 heavy (non-hydrogen) atoms. The van der Waals surface area contributed by atoms with Crippen LogP contribution in [0.15, 0.2) is 97.1 Å². The standard InChI is InChI=1S/2C6H6.2C4H6O2.2C3H6O/c2*1-2-4-6-5-3-1;2*1-3(2)4(5)6;2*1-3-2-4-3/h2*1-6H;2*1H2,2H3,(H,5,6);2*3H,2H2,1H3. The zero-order valence-electron chi connectivity index (χ0n) is 19.4. The van der Waals surface area contributed by atoms with E-state index in [2.05, 4.69) is 27.0 Å². The van der Waals surface area contributed by atoms with Crippen LogP contribution in [0.5, 0.6) is 0 Å². The summed E-state index contributed by atoms with van der Waals surface area (Å²) < 4.78 is 9.42. The molecule has 0 aliphatic carbocycles. The van der Waals surface area contributed by atoms with E-state index in [1.54, 1.807) is 0 Å². The Balaban J connectivity index is 0. The number of carboxylic acids is 2. The lowest BCUT2D eigenvalue weighted by Gasteiger charge is -1.79. The molecule has 2 aromatic carbocycles. The number of benzene rings is 2. The SMILES string of the molecule is C=C(C)C(=O)O.C=C(C)C(=O)O.CC1CO1.CC1CO1.c1ccccc1.c1ccccc1. The monoisotopic (exact) mass is 444 g/mol. The molecule has 0 aromatic heterocycles. The largest absolute Gasteiger partial charge is 0.478 e. The van der Waals surface area contributed by atoms with Gasteiger partial charge in [0.1, 0.15) is 0 Å². The van der Waals surface area contributed by atoms with Gasteiger partial charge in [-0.05, 0) is 27.7 Å². The van der Waals surface area contributed by atoms with Gasteiger partial charge in [0.05, 0.1) is 25.4 Å². The Bertz CT molecular complexity index is 593. The number of epoxide rings is 2. The molecule has 6 nitrogen and oxygen atoms in total. The van der Waals surface area contributed by atoms with Crippen molar-refractivity contribution in [3.63, 3.8) is 0 Å². The van der Waals surface area contributed by atoms with E-state index in [9.17, 15) is 9.59 Å². The van der Waals surface area contributed by atoms with Crippen LogP contribution in [0, 0.1) is 0 Å². The second kappa shape index (κ2) is 21.0.